The predicted octanol–water partition coefficient (Wildman–Crippen LogP) is 5.31. The van der Waals surface area contributed by atoms with Gasteiger partial charge in [-0.15, -0.1) is 0 Å². The summed E-state index contributed by atoms with van der Waals surface area (Å²) in [7, 11) is 4.63. The lowest BCUT2D eigenvalue weighted by Crippen LogP contribution is -2.62. The summed E-state index contributed by atoms with van der Waals surface area (Å²) in [6.07, 6.45) is 0.458. The first-order valence-electron chi connectivity index (χ1n) is 20.0. The van der Waals surface area contributed by atoms with Crippen LogP contribution in [0.4, 0.5) is 4.79 Å². The molecular weight excluding hydrogens is 727 g/mol. The van der Waals surface area contributed by atoms with Crippen LogP contribution >= 0.6 is 0 Å². The second-order valence-corrected chi connectivity index (χ2v) is 17.1. The molecule has 1 unspecified atom stereocenters. The number of hydrogen-bond donors (Lipinski definition) is 1. The minimum absolute atomic E-state index is 0.0884. The number of likely N-dealkylation sites (N-methyl/N-ethyl adjacent to an activating group) is 3. The van der Waals surface area contributed by atoms with Crippen LogP contribution in [0.15, 0.2) is 60.7 Å². The Morgan fingerprint density at radius 1 is 0.719 bits per heavy atom. The number of likely N-dealkylation sites (tertiary alicyclic amines) is 1. The van der Waals surface area contributed by atoms with E-state index in [0.717, 1.165) is 11.1 Å². The van der Waals surface area contributed by atoms with E-state index in [1.165, 1.54) is 26.6 Å². The molecule has 1 aliphatic heterocycles. The summed E-state index contributed by atoms with van der Waals surface area (Å²) in [6.45, 7) is 16.5. The van der Waals surface area contributed by atoms with E-state index in [-0.39, 0.29) is 36.7 Å². The minimum Gasteiger partial charge on any atom is -0.459 e. The van der Waals surface area contributed by atoms with Crippen LogP contribution in [-0.2, 0) is 46.5 Å². The van der Waals surface area contributed by atoms with Crippen molar-refractivity contribution in [2.45, 2.75) is 124 Å². The van der Waals surface area contributed by atoms with Crippen molar-refractivity contribution in [3.8, 4) is 0 Å². The smallest absolute Gasteiger partial charge is 0.408 e. The second-order valence-electron chi connectivity index (χ2n) is 17.1. The number of ether oxygens (including phenoxy) is 2. The van der Waals surface area contributed by atoms with Gasteiger partial charge in [0.2, 0.25) is 23.6 Å². The zero-order chi connectivity index (χ0) is 42.8. The van der Waals surface area contributed by atoms with Gasteiger partial charge < -0.3 is 34.4 Å². The average molecular weight is 792 g/mol. The Balaban J connectivity index is 1.90. The molecule has 1 saturated heterocycles. The number of hydrogen-bond acceptors (Lipinski definition) is 8. The Labute approximate surface area is 339 Å². The number of benzene rings is 2. The highest BCUT2D eigenvalue weighted by Crippen LogP contribution is 2.26. The van der Waals surface area contributed by atoms with Crippen molar-refractivity contribution in [3.05, 3.63) is 71.8 Å². The van der Waals surface area contributed by atoms with Crippen LogP contribution in [0.1, 0.15) is 86.3 Å². The van der Waals surface area contributed by atoms with E-state index in [4.69, 9.17) is 9.47 Å². The molecule has 0 spiro atoms. The minimum atomic E-state index is -1.05. The van der Waals surface area contributed by atoms with E-state index in [1.807, 2.05) is 88.4 Å². The molecule has 1 heterocycles. The fraction of sp³-hybridized carbons (Fsp3) is 0.591. The van der Waals surface area contributed by atoms with Crippen molar-refractivity contribution in [1.82, 2.24) is 24.9 Å². The standard InChI is InChI=1S/C44H65N5O8/c1-28(2)35(45-43(55)57-44(7,8)9)39(51)46(10)34(26-31-20-15-13-16-21-31)38(50)47(11)36(29(3)4)40(52)48(12)37(30(5)6)41(53)49-25-19-24-33(49)42(54)56-27-32-22-17-14-18-23-32/h13-18,20-23,28-30,33-37H,19,24-27H2,1-12H3,(H,45,55)/t33-,34?,35-,36-,37-/m0/s1. The normalized spacial score (nSPS) is 16.4. The SMILES string of the molecule is CC(C)[C@H](NC(=O)OC(C)(C)C)C(=O)N(C)C(Cc1ccccc1)C(=O)N(C)[C@H](C(=O)N(C)[C@H](C(=O)N1CCC[C@H]1C(=O)OCc1ccccc1)C(C)C)C(C)C. The fourth-order valence-corrected chi connectivity index (χ4v) is 7.33. The number of rotatable bonds is 16. The van der Waals surface area contributed by atoms with Gasteiger partial charge in [0.15, 0.2) is 0 Å². The average Bonchev–Trinajstić information content (AvgIpc) is 3.64. The molecule has 13 heteroatoms. The summed E-state index contributed by atoms with van der Waals surface area (Å²) >= 11 is 0. The molecule has 2 aromatic carbocycles. The number of esters is 1. The van der Waals surface area contributed by atoms with Crippen LogP contribution in [0.5, 0.6) is 0 Å². The number of nitrogens with zero attached hydrogens (tertiary/aromatic N) is 4. The monoisotopic (exact) mass is 791 g/mol. The molecule has 0 bridgehead atoms. The molecule has 13 nitrogen and oxygen atoms in total. The van der Waals surface area contributed by atoms with E-state index in [0.29, 0.717) is 19.4 Å². The zero-order valence-electron chi connectivity index (χ0n) is 36.0. The van der Waals surface area contributed by atoms with Crippen LogP contribution in [-0.4, -0.2) is 119 Å². The zero-order valence-corrected chi connectivity index (χ0v) is 36.0. The van der Waals surface area contributed by atoms with Crippen molar-refractivity contribution >= 4 is 35.7 Å². The molecule has 57 heavy (non-hydrogen) atoms. The maximum Gasteiger partial charge on any atom is 0.408 e. The first-order chi connectivity index (χ1) is 26.7. The van der Waals surface area contributed by atoms with Gasteiger partial charge >= 0.3 is 12.1 Å². The quantitative estimate of drug-likeness (QED) is 0.226. The molecule has 2 aromatic rings. The molecule has 0 aliphatic carbocycles. The van der Waals surface area contributed by atoms with Crippen LogP contribution in [0.2, 0.25) is 0 Å². The van der Waals surface area contributed by atoms with Gasteiger partial charge in [0.05, 0.1) is 0 Å². The second kappa shape index (κ2) is 20.5. The number of nitrogens with one attached hydrogen (secondary N) is 1. The Kier molecular flexibility index (Phi) is 16.7. The Morgan fingerprint density at radius 2 is 1.25 bits per heavy atom. The lowest BCUT2D eigenvalue weighted by Gasteiger charge is -2.41. The topological polar surface area (TPSA) is 146 Å². The number of alkyl carbamates (subject to hydrolysis) is 1. The van der Waals surface area contributed by atoms with Gasteiger partial charge in [0.1, 0.15) is 42.4 Å². The summed E-state index contributed by atoms with van der Waals surface area (Å²) in [5, 5.41) is 2.69. The third-order valence-corrected chi connectivity index (χ3v) is 10.3. The van der Waals surface area contributed by atoms with Gasteiger partial charge in [-0.2, -0.15) is 0 Å². The molecule has 5 atom stereocenters. The molecule has 0 saturated carbocycles. The largest absolute Gasteiger partial charge is 0.459 e. The van der Waals surface area contributed by atoms with Crippen molar-refractivity contribution in [1.29, 1.82) is 0 Å². The van der Waals surface area contributed by atoms with Crippen molar-refractivity contribution in [3.63, 3.8) is 0 Å². The van der Waals surface area contributed by atoms with Crippen LogP contribution < -0.4 is 5.32 Å². The lowest BCUT2D eigenvalue weighted by atomic mass is 9.95. The molecule has 1 aliphatic rings. The van der Waals surface area contributed by atoms with E-state index in [1.54, 1.807) is 48.7 Å². The first kappa shape index (κ1) is 46.4. The third kappa shape index (κ3) is 12.5. The van der Waals surface area contributed by atoms with Gasteiger partial charge in [-0.1, -0.05) is 102 Å². The molecule has 314 valence electrons. The van der Waals surface area contributed by atoms with E-state index >= 15 is 0 Å². The lowest BCUT2D eigenvalue weighted by molar-refractivity contribution is -0.159. The summed E-state index contributed by atoms with van der Waals surface area (Å²) in [5.74, 6) is -3.34. The maximum absolute atomic E-state index is 14.7. The first-order valence-corrected chi connectivity index (χ1v) is 20.0. The highest BCUT2D eigenvalue weighted by Gasteiger charge is 2.45. The highest BCUT2D eigenvalue weighted by atomic mass is 16.6. The van der Waals surface area contributed by atoms with Crippen LogP contribution in [0.3, 0.4) is 0 Å². The van der Waals surface area contributed by atoms with Crippen molar-refractivity contribution in [2.75, 3.05) is 27.7 Å². The van der Waals surface area contributed by atoms with E-state index in [2.05, 4.69) is 5.32 Å². The van der Waals surface area contributed by atoms with Gasteiger partial charge in [0.25, 0.3) is 0 Å². The molecule has 1 N–H and O–H groups in total. The highest BCUT2D eigenvalue weighted by molar-refractivity contribution is 5.96. The van der Waals surface area contributed by atoms with Crippen molar-refractivity contribution < 1.29 is 38.2 Å². The van der Waals surface area contributed by atoms with Crippen LogP contribution in [0.25, 0.3) is 0 Å². The summed E-state index contributed by atoms with van der Waals surface area (Å²) in [6, 6.07) is 13.8. The maximum atomic E-state index is 14.7. The number of amides is 5. The van der Waals surface area contributed by atoms with E-state index < -0.39 is 65.6 Å². The van der Waals surface area contributed by atoms with Gasteiger partial charge in [0, 0.05) is 34.1 Å². The molecule has 3 rings (SSSR count). The Bertz CT molecular complexity index is 1680. The predicted molar refractivity (Wildman–Crippen MR) is 218 cm³/mol. The molecule has 0 radical (unpaired) electrons. The summed E-state index contributed by atoms with van der Waals surface area (Å²) in [5.41, 5.74) is 0.844. The van der Waals surface area contributed by atoms with E-state index in [9.17, 15) is 28.8 Å². The number of carbonyl (C=O) groups is 6. The number of carbonyl (C=O) groups excluding carboxylic acids is 6. The third-order valence-electron chi connectivity index (χ3n) is 10.3. The van der Waals surface area contributed by atoms with Crippen LogP contribution in [0, 0.1) is 17.8 Å². The molecule has 5 amide bonds. The summed E-state index contributed by atoms with van der Waals surface area (Å²) < 4.78 is 11.1. The van der Waals surface area contributed by atoms with Crippen molar-refractivity contribution in [2.24, 2.45) is 17.8 Å². The van der Waals surface area contributed by atoms with Gasteiger partial charge in [-0.3, -0.25) is 19.2 Å². The Hall–Kier alpha value is -4.94. The van der Waals surface area contributed by atoms with Gasteiger partial charge in [-0.25, -0.2) is 9.59 Å². The summed E-state index contributed by atoms with van der Waals surface area (Å²) in [4.78, 5) is 89.5. The molecule has 1 fully saturated rings. The molecule has 0 aromatic heterocycles. The van der Waals surface area contributed by atoms with Gasteiger partial charge in [-0.05, 0) is 62.5 Å². The Morgan fingerprint density at radius 3 is 1.75 bits per heavy atom. The molecular formula is C44H65N5O8. The fourth-order valence-electron chi connectivity index (χ4n) is 7.33.